The van der Waals surface area contributed by atoms with Crippen molar-refractivity contribution in [3.63, 3.8) is 0 Å². The highest BCUT2D eigenvalue weighted by atomic mass is 16.1. The molecular formula is C19H17N7O. The molecule has 2 aromatic heterocycles. The van der Waals surface area contributed by atoms with Gasteiger partial charge in [-0.05, 0) is 30.3 Å². The molecule has 0 aliphatic heterocycles. The Hall–Kier alpha value is -3.99. The Kier molecular flexibility index (Phi) is 5.89. The van der Waals surface area contributed by atoms with Crippen molar-refractivity contribution < 1.29 is 4.79 Å². The number of benzene rings is 1. The van der Waals surface area contributed by atoms with Crippen molar-refractivity contribution in [3.05, 3.63) is 72.2 Å². The Morgan fingerprint density at radius 2 is 1.85 bits per heavy atom. The number of hydrogen-bond donors (Lipinski definition) is 3. The summed E-state index contributed by atoms with van der Waals surface area (Å²) >= 11 is 0. The van der Waals surface area contributed by atoms with Gasteiger partial charge in [-0.25, -0.2) is 15.0 Å². The number of nitriles is 1. The molecule has 0 bridgehead atoms. The molecule has 8 heteroatoms. The Labute approximate surface area is 156 Å². The van der Waals surface area contributed by atoms with Crippen LogP contribution in [0.3, 0.4) is 0 Å². The second kappa shape index (κ2) is 8.92. The van der Waals surface area contributed by atoms with Crippen LogP contribution in [0.2, 0.25) is 0 Å². The normalized spacial score (nSPS) is 9.89. The smallest absolute Gasteiger partial charge is 0.251 e. The van der Waals surface area contributed by atoms with Crippen molar-refractivity contribution in [2.75, 3.05) is 23.7 Å². The molecule has 0 saturated heterocycles. The van der Waals surface area contributed by atoms with E-state index in [9.17, 15) is 4.79 Å². The molecule has 3 aromatic rings. The van der Waals surface area contributed by atoms with Crippen LogP contribution in [0.15, 0.2) is 61.1 Å². The molecule has 3 N–H and O–H groups in total. The third-order valence-electron chi connectivity index (χ3n) is 3.56. The minimum absolute atomic E-state index is 0.228. The topological polar surface area (TPSA) is 116 Å². The zero-order valence-corrected chi connectivity index (χ0v) is 14.4. The van der Waals surface area contributed by atoms with Gasteiger partial charge in [0.2, 0.25) is 0 Å². The number of aromatic nitrogens is 3. The minimum Gasteiger partial charge on any atom is -0.368 e. The predicted molar refractivity (Wildman–Crippen MR) is 102 cm³/mol. The Balaban J connectivity index is 1.48. The predicted octanol–water partition coefficient (Wildman–Crippen LogP) is 2.33. The van der Waals surface area contributed by atoms with Gasteiger partial charge in [0.05, 0.1) is 11.6 Å². The molecule has 0 fully saturated rings. The van der Waals surface area contributed by atoms with Gasteiger partial charge in [0.15, 0.2) is 0 Å². The number of carbonyl (C=O) groups is 1. The lowest BCUT2D eigenvalue weighted by molar-refractivity contribution is 0.0955. The van der Waals surface area contributed by atoms with Crippen LogP contribution >= 0.6 is 0 Å². The number of rotatable bonds is 7. The van der Waals surface area contributed by atoms with Crippen molar-refractivity contribution in [1.29, 1.82) is 5.26 Å². The van der Waals surface area contributed by atoms with Gasteiger partial charge in [0, 0.05) is 30.9 Å². The highest BCUT2D eigenvalue weighted by Crippen LogP contribution is 2.13. The number of anilines is 3. The molecule has 0 spiro atoms. The lowest BCUT2D eigenvalue weighted by atomic mass is 10.1. The second-order valence-electron chi connectivity index (χ2n) is 5.50. The van der Waals surface area contributed by atoms with Crippen molar-refractivity contribution in [1.82, 2.24) is 20.3 Å². The van der Waals surface area contributed by atoms with Crippen LogP contribution < -0.4 is 16.0 Å². The van der Waals surface area contributed by atoms with E-state index in [4.69, 9.17) is 5.26 Å². The number of carbonyl (C=O) groups excluding carboxylic acids is 1. The molecule has 1 aromatic carbocycles. The van der Waals surface area contributed by atoms with E-state index < -0.39 is 0 Å². The molecule has 134 valence electrons. The van der Waals surface area contributed by atoms with Crippen LogP contribution in [-0.2, 0) is 0 Å². The Bertz CT molecular complexity index is 954. The first-order valence-electron chi connectivity index (χ1n) is 8.27. The van der Waals surface area contributed by atoms with Gasteiger partial charge in [-0.2, -0.15) is 5.26 Å². The molecule has 0 atom stereocenters. The van der Waals surface area contributed by atoms with Crippen molar-refractivity contribution >= 4 is 23.4 Å². The summed E-state index contributed by atoms with van der Waals surface area (Å²) in [4.78, 5) is 24.6. The summed E-state index contributed by atoms with van der Waals surface area (Å²) in [5.41, 5.74) is 0.910. The summed E-state index contributed by atoms with van der Waals surface area (Å²) in [7, 11) is 0. The van der Waals surface area contributed by atoms with E-state index >= 15 is 0 Å². The van der Waals surface area contributed by atoms with Gasteiger partial charge in [0.25, 0.3) is 5.91 Å². The van der Waals surface area contributed by atoms with Crippen LogP contribution in [-0.4, -0.2) is 33.9 Å². The molecule has 0 unspecified atom stereocenters. The SMILES string of the molecule is N#Cc1cccc(C(=O)NCCNc2cc(Nc3ccccn3)ncn2)c1. The molecule has 2 heterocycles. The average molecular weight is 359 g/mol. The maximum Gasteiger partial charge on any atom is 0.251 e. The molecule has 0 aliphatic rings. The van der Waals surface area contributed by atoms with E-state index in [2.05, 4.69) is 30.9 Å². The summed E-state index contributed by atoms with van der Waals surface area (Å²) in [6.45, 7) is 0.895. The Morgan fingerprint density at radius 1 is 0.963 bits per heavy atom. The molecule has 8 nitrogen and oxygen atoms in total. The fraction of sp³-hybridized carbons (Fsp3) is 0.105. The molecular weight excluding hydrogens is 342 g/mol. The lowest BCUT2D eigenvalue weighted by Crippen LogP contribution is -2.28. The van der Waals surface area contributed by atoms with Crippen LogP contribution in [0.4, 0.5) is 17.5 Å². The van der Waals surface area contributed by atoms with Crippen LogP contribution in [0.25, 0.3) is 0 Å². The average Bonchev–Trinajstić information content (AvgIpc) is 2.72. The summed E-state index contributed by atoms with van der Waals surface area (Å²) in [6.07, 6.45) is 3.14. The zero-order chi connectivity index (χ0) is 18.9. The van der Waals surface area contributed by atoms with Gasteiger partial charge in [0.1, 0.15) is 23.8 Å². The molecule has 0 aliphatic carbocycles. The molecule has 0 radical (unpaired) electrons. The number of pyridine rings is 1. The molecule has 3 rings (SSSR count). The fourth-order valence-electron chi connectivity index (χ4n) is 2.29. The van der Waals surface area contributed by atoms with E-state index in [0.29, 0.717) is 41.7 Å². The molecule has 0 saturated carbocycles. The summed E-state index contributed by atoms with van der Waals surface area (Å²) in [5.74, 6) is 1.70. The zero-order valence-electron chi connectivity index (χ0n) is 14.4. The van der Waals surface area contributed by atoms with E-state index in [1.54, 1.807) is 36.5 Å². The van der Waals surface area contributed by atoms with E-state index in [1.807, 2.05) is 24.3 Å². The number of amides is 1. The Morgan fingerprint density at radius 3 is 2.67 bits per heavy atom. The van der Waals surface area contributed by atoms with Gasteiger partial charge in [-0.15, -0.1) is 0 Å². The van der Waals surface area contributed by atoms with Crippen molar-refractivity contribution in [3.8, 4) is 6.07 Å². The first-order chi connectivity index (χ1) is 13.2. The van der Waals surface area contributed by atoms with Crippen molar-refractivity contribution in [2.24, 2.45) is 0 Å². The van der Waals surface area contributed by atoms with Crippen LogP contribution in [0.5, 0.6) is 0 Å². The quantitative estimate of drug-likeness (QED) is 0.554. The van der Waals surface area contributed by atoms with Gasteiger partial charge in [-0.1, -0.05) is 12.1 Å². The van der Waals surface area contributed by atoms with Gasteiger partial charge >= 0.3 is 0 Å². The largest absolute Gasteiger partial charge is 0.368 e. The molecule has 1 amide bonds. The van der Waals surface area contributed by atoms with E-state index in [1.165, 1.54) is 6.33 Å². The van der Waals surface area contributed by atoms with Crippen LogP contribution in [0.1, 0.15) is 15.9 Å². The van der Waals surface area contributed by atoms with E-state index in [-0.39, 0.29) is 5.91 Å². The van der Waals surface area contributed by atoms with Crippen LogP contribution in [0, 0.1) is 11.3 Å². The third-order valence-corrected chi connectivity index (χ3v) is 3.56. The van der Waals surface area contributed by atoms with E-state index in [0.717, 1.165) is 0 Å². The fourth-order valence-corrected chi connectivity index (χ4v) is 2.29. The monoisotopic (exact) mass is 359 g/mol. The lowest BCUT2D eigenvalue weighted by Gasteiger charge is -2.09. The second-order valence-corrected chi connectivity index (χ2v) is 5.50. The molecule has 27 heavy (non-hydrogen) atoms. The summed E-state index contributed by atoms with van der Waals surface area (Å²) < 4.78 is 0. The maximum atomic E-state index is 12.1. The summed E-state index contributed by atoms with van der Waals surface area (Å²) in [6, 6.07) is 15.9. The number of nitrogens with one attached hydrogen (secondary N) is 3. The minimum atomic E-state index is -0.228. The third kappa shape index (κ3) is 5.24. The van der Waals surface area contributed by atoms with Gasteiger partial charge < -0.3 is 16.0 Å². The van der Waals surface area contributed by atoms with Crippen molar-refractivity contribution in [2.45, 2.75) is 0 Å². The highest BCUT2D eigenvalue weighted by molar-refractivity contribution is 5.94. The highest BCUT2D eigenvalue weighted by Gasteiger charge is 2.05. The number of hydrogen-bond acceptors (Lipinski definition) is 7. The number of nitrogens with zero attached hydrogens (tertiary/aromatic N) is 4. The first kappa shape index (κ1) is 17.8. The van der Waals surface area contributed by atoms with Gasteiger partial charge in [-0.3, -0.25) is 4.79 Å². The maximum absolute atomic E-state index is 12.1. The summed E-state index contributed by atoms with van der Waals surface area (Å²) in [5, 5.41) is 17.9. The standard InChI is InChI=1S/C19H17N7O/c20-12-14-4-3-5-15(10-14)19(27)23-9-8-22-17-11-18(25-13-24-17)26-16-6-1-2-7-21-16/h1-7,10-11,13H,8-9H2,(H,23,27)(H2,21,22,24,25,26). The first-order valence-corrected chi connectivity index (χ1v) is 8.27.